The molecule has 1 aromatic heterocycles. The van der Waals surface area contributed by atoms with E-state index >= 15 is 0 Å². The molecule has 0 radical (unpaired) electrons. The fraction of sp³-hybridized carbons (Fsp3) is 0.214. The fourth-order valence-electron chi connectivity index (χ4n) is 1.63. The van der Waals surface area contributed by atoms with Crippen LogP contribution in [0.1, 0.15) is 5.56 Å². The van der Waals surface area contributed by atoms with Gasteiger partial charge in [-0.05, 0) is 24.3 Å². The molecule has 0 aliphatic rings. The third-order valence-electron chi connectivity index (χ3n) is 2.62. The van der Waals surface area contributed by atoms with E-state index in [9.17, 15) is 4.39 Å². The zero-order valence-electron chi connectivity index (χ0n) is 10.3. The molecule has 3 nitrogen and oxygen atoms in total. The summed E-state index contributed by atoms with van der Waals surface area (Å²) >= 11 is 0. The van der Waals surface area contributed by atoms with Gasteiger partial charge in [0.25, 0.3) is 0 Å². The van der Waals surface area contributed by atoms with Crippen LogP contribution in [0.25, 0.3) is 5.76 Å². The number of rotatable bonds is 5. The zero-order chi connectivity index (χ0) is 13.0. The molecule has 0 saturated heterocycles. The molecule has 0 fully saturated rings. The van der Waals surface area contributed by atoms with Crippen molar-refractivity contribution in [3.05, 3.63) is 60.9 Å². The van der Waals surface area contributed by atoms with Crippen LogP contribution in [0, 0.1) is 5.82 Å². The van der Waals surface area contributed by atoms with Crippen molar-refractivity contribution in [3.8, 4) is 0 Å². The standard InChI is InChI=1S/C14H16FN2O/c1-12(13-3-5-14(15)6-4-13)18-10-9-17-8-7-16(2)11-17/h3-8,11H,1,9-10H2,2H3/q+1. The molecule has 0 amide bonds. The molecular formula is C14H16FN2O+. The van der Waals surface area contributed by atoms with E-state index in [4.69, 9.17) is 4.74 Å². The van der Waals surface area contributed by atoms with Crippen molar-refractivity contribution < 1.29 is 13.7 Å². The summed E-state index contributed by atoms with van der Waals surface area (Å²) in [5.41, 5.74) is 0.800. The van der Waals surface area contributed by atoms with E-state index in [2.05, 4.69) is 6.58 Å². The Morgan fingerprint density at radius 2 is 2.11 bits per heavy atom. The Hall–Kier alpha value is -2.10. The van der Waals surface area contributed by atoms with Gasteiger partial charge in [-0.2, -0.15) is 0 Å². The lowest BCUT2D eigenvalue weighted by atomic mass is 10.2. The number of imidazole rings is 1. The lowest BCUT2D eigenvalue weighted by molar-refractivity contribution is -0.671. The SMILES string of the molecule is C=C(OCCn1cc[n+](C)c1)c1ccc(F)cc1. The van der Waals surface area contributed by atoms with Gasteiger partial charge in [0.15, 0.2) is 0 Å². The van der Waals surface area contributed by atoms with E-state index in [0.717, 1.165) is 12.1 Å². The number of ether oxygens (including phenoxy) is 1. The van der Waals surface area contributed by atoms with E-state index in [-0.39, 0.29) is 5.82 Å². The van der Waals surface area contributed by atoms with Gasteiger partial charge in [-0.25, -0.2) is 13.5 Å². The Morgan fingerprint density at radius 3 is 2.72 bits per heavy atom. The third kappa shape index (κ3) is 3.20. The first-order valence-corrected chi connectivity index (χ1v) is 5.74. The van der Waals surface area contributed by atoms with Gasteiger partial charge in [-0.1, -0.05) is 6.58 Å². The Bertz CT molecular complexity index is 531. The summed E-state index contributed by atoms with van der Waals surface area (Å²) in [6, 6.07) is 6.12. The second-order valence-electron chi connectivity index (χ2n) is 4.10. The van der Waals surface area contributed by atoms with Gasteiger partial charge < -0.3 is 4.74 Å². The molecule has 0 unspecified atom stereocenters. The maximum absolute atomic E-state index is 12.7. The maximum atomic E-state index is 12.7. The summed E-state index contributed by atoms with van der Waals surface area (Å²) in [4.78, 5) is 0. The molecule has 94 valence electrons. The van der Waals surface area contributed by atoms with E-state index < -0.39 is 0 Å². The number of hydrogen-bond donors (Lipinski definition) is 0. The van der Waals surface area contributed by atoms with Crippen LogP contribution in [0.3, 0.4) is 0 Å². The molecule has 2 rings (SSSR count). The monoisotopic (exact) mass is 247 g/mol. The highest BCUT2D eigenvalue weighted by molar-refractivity contribution is 5.56. The van der Waals surface area contributed by atoms with Gasteiger partial charge >= 0.3 is 0 Å². The minimum atomic E-state index is -0.258. The predicted octanol–water partition coefficient (Wildman–Crippen LogP) is 2.14. The van der Waals surface area contributed by atoms with Crippen molar-refractivity contribution in [2.45, 2.75) is 6.54 Å². The van der Waals surface area contributed by atoms with Gasteiger partial charge in [0.2, 0.25) is 6.33 Å². The number of hydrogen-bond acceptors (Lipinski definition) is 1. The van der Waals surface area contributed by atoms with Gasteiger partial charge in [0, 0.05) is 5.56 Å². The van der Waals surface area contributed by atoms with Gasteiger partial charge in [-0.3, -0.25) is 0 Å². The average molecular weight is 247 g/mol. The summed E-state index contributed by atoms with van der Waals surface area (Å²) in [6.45, 7) is 5.12. The van der Waals surface area contributed by atoms with Crippen LogP contribution in [-0.2, 0) is 18.3 Å². The summed E-state index contributed by atoms with van der Waals surface area (Å²) in [5.74, 6) is 0.304. The quantitative estimate of drug-likeness (QED) is 0.585. The molecule has 4 heteroatoms. The molecule has 18 heavy (non-hydrogen) atoms. The minimum absolute atomic E-state index is 0.258. The Balaban J connectivity index is 1.83. The molecule has 0 aliphatic carbocycles. The summed E-state index contributed by atoms with van der Waals surface area (Å²) in [5, 5.41) is 0. The Labute approximate surface area is 106 Å². The fourth-order valence-corrected chi connectivity index (χ4v) is 1.63. The molecule has 0 N–H and O–H groups in total. The minimum Gasteiger partial charge on any atom is -0.489 e. The van der Waals surface area contributed by atoms with Crippen LogP contribution in [0.15, 0.2) is 49.6 Å². The van der Waals surface area contributed by atoms with E-state index in [0.29, 0.717) is 12.4 Å². The van der Waals surface area contributed by atoms with Crippen molar-refractivity contribution >= 4 is 5.76 Å². The summed E-state index contributed by atoms with van der Waals surface area (Å²) in [7, 11) is 1.97. The number of halogens is 1. The largest absolute Gasteiger partial charge is 0.489 e. The molecule has 1 aromatic carbocycles. The highest BCUT2D eigenvalue weighted by atomic mass is 19.1. The first-order chi connectivity index (χ1) is 8.65. The van der Waals surface area contributed by atoms with Gasteiger partial charge in [-0.15, -0.1) is 0 Å². The molecule has 0 aliphatic heterocycles. The summed E-state index contributed by atoms with van der Waals surface area (Å²) < 4.78 is 22.3. The smallest absolute Gasteiger partial charge is 0.243 e. The van der Waals surface area contributed by atoms with Crippen molar-refractivity contribution in [2.24, 2.45) is 7.05 Å². The van der Waals surface area contributed by atoms with E-state index in [1.807, 2.05) is 34.9 Å². The second-order valence-corrected chi connectivity index (χ2v) is 4.10. The topological polar surface area (TPSA) is 18.0 Å². The van der Waals surface area contributed by atoms with E-state index in [1.165, 1.54) is 12.1 Å². The van der Waals surface area contributed by atoms with Gasteiger partial charge in [0.05, 0.1) is 7.05 Å². The zero-order valence-corrected chi connectivity index (χ0v) is 10.3. The Kier molecular flexibility index (Phi) is 3.77. The molecular weight excluding hydrogens is 231 g/mol. The molecule has 1 heterocycles. The first kappa shape index (κ1) is 12.4. The van der Waals surface area contributed by atoms with Gasteiger partial charge in [0.1, 0.15) is 37.1 Å². The highest BCUT2D eigenvalue weighted by Crippen LogP contribution is 2.14. The number of aromatic nitrogens is 2. The summed E-state index contributed by atoms with van der Waals surface area (Å²) in [6.07, 6.45) is 5.92. The molecule has 0 atom stereocenters. The normalized spacial score (nSPS) is 10.3. The molecule has 0 saturated carbocycles. The van der Waals surface area contributed by atoms with Crippen molar-refractivity contribution in [3.63, 3.8) is 0 Å². The van der Waals surface area contributed by atoms with Crippen LogP contribution in [-0.4, -0.2) is 11.2 Å². The predicted molar refractivity (Wildman–Crippen MR) is 67.0 cm³/mol. The third-order valence-corrected chi connectivity index (χ3v) is 2.62. The Morgan fingerprint density at radius 1 is 1.39 bits per heavy atom. The average Bonchev–Trinajstić information content (AvgIpc) is 2.76. The van der Waals surface area contributed by atoms with Crippen LogP contribution >= 0.6 is 0 Å². The van der Waals surface area contributed by atoms with Crippen LogP contribution in [0.4, 0.5) is 4.39 Å². The molecule has 0 spiro atoms. The maximum Gasteiger partial charge on any atom is 0.243 e. The number of nitrogens with zero attached hydrogens (tertiary/aromatic N) is 2. The van der Waals surface area contributed by atoms with Crippen LogP contribution in [0.5, 0.6) is 0 Å². The molecule has 0 bridgehead atoms. The van der Waals surface area contributed by atoms with Crippen molar-refractivity contribution in [1.29, 1.82) is 0 Å². The number of aryl methyl sites for hydroxylation is 1. The van der Waals surface area contributed by atoms with Crippen LogP contribution in [0.2, 0.25) is 0 Å². The lowest BCUT2D eigenvalue weighted by Crippen LogP contribution is -2.24. The number of benzene rings is 1. The highest BCUT2D eigenvalue weighted by Gasteiger charge is 2.03. The van der Waals surface area contributed by atoms with Crippen molar-refractivity contribution in [2.75, 3.05) is 6.61 Å². The first-order valence-electron chi connectivity index (χ1n) is 5.74. The van der Waals surface area contributed by atoms with Crippen LogP contribution < -0.4 is 4.57 Å². The second kappa shape index (κ2) is 5.49. The lowest BCUT2D eigenvalue weighted by Gasteiger charge is -2.07. The van der Waals surface area contributed by atoms with Crippen molar-refractivity contribution in [1.82, 2.24) is 4.57 Å². The molecule has 2 aromatic rings. The van der Waals surface area contributed by atoms with E-state index in [1.54, 1.807) is 12.1 Å².